The molecule has 3 aromatic rings. The number of furan rings is 1. The second kappa shape index (κ2) is 6.49. The third-order valence-electron chi connectivity index (χ3n) is 3.03. The zero-order valence-electron chi connectivity index (χ0n) is 11.5. The van der Waals surface area contributed by atoms with Gasteiger partial charge in [-0.2, -0.15) is 0 Å². The fourth-order valence-electron chi connectivity index (χ4n) is 2.00. The molecule has 1 amide bonds. The van der Waals surface area contributed by atoms with Crippen LogP contribution >= 0.6 is 15.9 Å². The van der Waals surface area contributed by atoms with Gasteiger partial charge in [-0.15, -0.1) is 0 Å². The topological polar surface area (TPSA) is 54.3 Å². The van der Waals surface area contributed by atoms with Crippen LogP contribution in [0.15, 0.2) is 75.8 Å². The third-order valence-corrected chi connectivity index (χ3v) is 3.45. The zero-order chi connectivity index (χ0) is 15.4. The molecule has 0 spiro atoms. The van der Waals surface area contributed by atoms with Gasteiger partial charge in [-0.05, 0) is 52.3 Å². The molecule has 0 bridgehead atoms. The number of hydrogen-bond donors (Lipinski definition) is 2. The van der Waals surface area contributed by atoms with Gasteiger partial charge in [0.05, 0.1) is 11.4 Å². The van der Waals surface area contributed by atoms with Crippen LogP contribution in [0.4, 0.5) is 17.1 Å². The van der Waals surface area contributed by atoms with Crippen molar-refractivity contribution >= 4 is 38.9 Å². The first kappa shape index (κ1) is 14.4. The van der Waals surface area contributed by atoms with Crippen LogP contribution < -0.4 is 10.6 Å². The molecule has 2 N–H and O–H groups in total. The minimum atomic E-state index is -0.298. The van der Waals surface area contributed by atoms with Gasteiger partial charge in [0.25, 0.3) is 5.91 Å². The molecular formula is C17H13BrN2O2. The molecule has 22 heavy (non-hydrogen) atoms. The molecule has 0 saturated carbocycles. The number of benzene rings is 2. The predicted octanol–water partition coefficient (Wildman–Crippen LogP) is 5.04. The molecule has 0 aliphatic carbocycles. The van der Waals surface area contributed by atoms with Crippen LogP contribution in [-0.4, -0.2) is 5.91 Å². The van der Waals surface area contributed by atoms with Crippen molar-refractivity contribution in [3.8, 4) is 0 Å². The number of nitrogens with one attached hydrogen (secondary N) is 2. The normalized spacial score (nSPS) is 10.2. The van der Waals surface area contributed by atoms with Gasteiger partial charge in [0.1, 0.15) is 0 Å². The highest BCUT2D eigenvalue weighted by atomic mass is 79.9. The highest BCUT2D eigenvalue weighted by Crippen LogP contribution is 2.26. The third kappa shape index (κ3) is 3.38. The van der Waals surface area contributed by atoms with Crippen molar-refractivity contribution in [2.45, 2.75) is 0 Å². The fourth-order valence-corrected chi connectivity index (χ4v) is 2.30. The molecule has 110 valence electrons. The maximum absolute atomic E-state index is 12.2. The van der Waals surface area contributed by atoms with Crippen molar-refractivity contribution in [2.24, 2.45) is 0 Å². The highest BCUT2D eigenvalue weighted by molar-refractivity contribution is 9.10. The Bertz CT molecular complexity index is 784. The summed E-state index contributed by atoms with van der Waals surface area (Å²) in [6.45, 7) is 0. The van der Waals surface area contributed by atoms with Crippen LogP contribution in [-0.2, 0) is 0 Å². The summed E-state index contributed by atoms with van der Waals surface area (Å²) in [5, 5.41) is 6.12. The summed E-state index contributed by atoms with van der Waals surface area (Å²) in [5.74, 6) is -0.0469. The second-order valence-corrected chi connectivity index (χ2v) is 5.38. The van der Waals surface area contributed by atoms with Gasteiger partial charge in [0.15, 0.2) is 10.4 Å². The Labute approximate surface area is 136 Å². The maximum Gasteiger partial charge on any atom is 0.291 e. The van der Waals surface area contributed by atoms with Crippen molar-refractivity contribution in [1.29, 1.82) is 0 Å². The number of hydrogen-bond acceptors (Lipinski definition) is 3. The Balaban J connectivity index is 1.81. The number of carbonyl (C=O) groups is 1. The zero-order valence-corrected chi connectivity index (χ0v) is 13.1. The van der Waals surface area contributed by atoms with E-state index in [1.54, 1.807) is 12.1 Å². The lowest BCUT2D eigenvalue weighted by Crippen LogP contribution is -2.12. The Kier molecular flexibility index (Phi) is 4.25. The molecule has 0 radical (unpaired) electrons. The predicted molar refractivity (Wildman–Crippen MR) is 90.5 cm³/mol. The Morgan fingerprint density at radius 1 is 0.864 bits per heavy atom. The average Bonchev–Trinajstić information content (AvgIpc) is 2.97. The Morgan fingerprint density at radius 3 is 2.23 bits per heavy atom. The van der Waals surface area contributed by atoms with Crippen LogP contribution in [0.5, 0.6) is 0 Å². The first-order chi connectivity index (χ1) is 10.7. The molecule has 0 atom stereocenters. The quantitative estimate of drug-likeness (QED) is 0.688. The maximum atomic E-state index is 12.2. The number of halogens is 1. The second-order valence-electron chi connectivity index (χ2n) is 4.59. The summed E-state index contributed by atoms with van der Waals surface area (Å²) in [7, 11) is 0. The lowest BCUT2D eigenvalue weighted by Gasteiger charge is -2.12. The first-order valence-electron chi connectivity index (χ1n) is 6.70. The Morgan fingerprint density at radius 2 is 1.55 bits per heavy atom. The van der Waals surface area contributed by atoms with Gasteiger partial charge in [-0.1, -0.05) is 30.3 Å². The van der Waals surface area contributed by atoms with E-state index in [0.29, 0.717) is 10.4 Å². The van der Waals surface area contributed by atoms with E-state index >= 15 is 0 Å². The largest absolute Gasteiger partial charge is 0.444 e. The number of carbonyl (C=O) groups excluding carboxylic acids is 1. The van der Waals surface area contributed by atoms with Crippen LogP contribution in [0.2, 0.25) is 0 Å². The van der Waals surface area contributed by atoms with Crippen LogP contribution in [0.1, 0.15) is 10.6 Å². The molecule has 0 saturated heterocycles. The smallest absolute Gasteiger partial charge is 0.291 e. The minimum Gasteiger partial charge on any atom is -0.444 e. The van der Waals surface area contributed by atoms with E-state index < -0.39 is 0 Å². The lowest BCUT2D eigenvalue weighted by molar-refractivity contribution is 0.0995. The van der Waals surface area contributed by atoms with Crippen LogP contribution in [0, 0.1) is 0 Å². The highest BCUT2D eigenvalue weighted by Gasteiger charge is 2.12. The van der Waals surface area contributed by atoms with Gasteiger partial charge in [-0.3, -0.25) is 4.79 Å². The van der Waals surface area contributed by atoms with Crippen molar-refractivity contribution < 1.29 is 9.21 Å². The van der Waals surface area contributed by atoms with E-state index in [9.17, 15) is 4.79 Å². The van der Waals surface area contributed by atoms with Gasteiger partial charge in [0.2, 0.25) is 0 Å². The average molecular weight is 357 g/mol. The SMILES string of the molecule is O=C(Nc1ccccc1Nc1ccccc1)c1ccc(Br)o1. The Hall–Kier alpha value is -2.53. The number of rotatable bonds is 4. The molecule has 4 nitrogen and oxygen atoms in total. The monoisotopic (exact) mass is 356 g/mol. The van der Waals surface area contributed by atoms with E-state index in [2.05, 4.69) is 26.6 Å². The molecule has 1 heterocycles. The molecule has 1 aromatic heterocycles. The molecule has 0 unspecified atom stereocenters. The molecule has 5 heteroatoms. The van der Waals surface area contributed by atoms with Crippen molar-refractivity contribution in [3.05, 3.63) is 77.2 Å². The van der Waals surface area contributed by atoms with E-state index in [-0.39, 0.29) is 11.7 Å². The molecular weight excluding hydrogens is 344 g/mol. The summed E-state index contributed by atoms with van der Waals surface area (Å²) < 4.78 is 5.78. The van der Waals surface area contributed by atoms with Gasteiger partial charge in [-0.25, -0.2) is 0 Å². The van der Waals surface area contributed by atoms with Crippen LogP contribution in [0.25, 0.3) is 0 Å². The minimum absolute atomic E-state index is 0.251. The van der Waals surface area contributed by atoms with E-state index in [4.69, 9.17) is 4.42 Å². The molecule has 3 rings (SSSR count). The van der Waals surface area contributed by atoms with Crippen molar-refractivity contribution in [1.82, 2.24) is 0 Å². The standard InChI is InChI=1S/C17H13BrN2O2/c18-16-11-10-15(22-16)17(21)20-14-9-5-4-8-13(14)19-12-6-2-1-3-7-12/h1-11,19H,(H,20,21). The first-order valence-corrected chi connectivity index (χ1v) is 7.49. The van der Waals surface area contributed by atoms with Gasteiger partial charge in [0, 0.05) is 5.69 Å². The van der Waals surface area contributed by atoms with E-state index in [1.807, 2.05) is 54.6 Å². The van der Waals surface area contributed by atoms with Crippen LogP contribution in [0.3, 0.4) is 0 Å². The van der Waals surface area contributed by atoms with E-state index in [1.165, 1.54) is 0 Å². The summed E-state index contributed by atoms with van der Waals surface area (Å²) >= 11 is 3.19. The summed E-state index contributed by atoms with van der Waals surface area (Å²) in [4.78, 5) is 12.2. The number of anilines is 3. The van der Waals surface area contributed by atoms with Gasteiger partial charge < -0.3 is 15.1 Å². The van der Waals surface area contributed by atoms with Crippen molar-refractivity contribution in [2.75, 3.05) is 10.6 Å². The lowest BCUT2D eigenvalue weighted by atomic mass is 10.2. The fraction of sp³-hybridized carbons (Fsp3) is 0. The summed E-state index contributed by atoms with van der Waals surface area (Å²) in [6, 6.07) is 20.6. The molecule has 0 aliphatic rings. The van der Waals surface area contributed by atoms with Crippen molar-refractivity contribution in [3.63, 3.8) is 0 Å². The van der Waals surface area contributed by atoms with E-state index in [0.717, 1.165) is 11.4 Å². The molecule has 0 fully saturated rings. The number of para-hydroxylation sites is 3. The summed E-state index contributed by atoms with van der Waals surface area (Å²) in [5.41, 5.74) is 2.45. The summed E-state index contributed by atoms with van der Waals surface area (Å²) in [6.07, 6.45) is 0. The molecule has 0 aliphatic heterocycles. The van der Waals surface area contributed by atoms with Gasteiger partial charge >= 0.3 is 0 Å². The number of amides is 1. The molecule has 2 aromatic carbocycles.